The number of rotatable bonds is 8. The number of fused-ring (bicyclic) bond motifs is 1. The first-order valence-corrected chi connectivity index (χ1v) is 13.5. The summed E-state index contributed by atoms with van der Waals surface area (Å²) < 4.78 is 34.7. The van der Waals surface area contributed by atoms with E-state index in [2.05, 4.69) is 4.72 Å². The highest BCUT2D eigenvalue weighted by atomic mass is 32.2. The van der Waals surface area contributed by atoms with Crippen LogP contribution in [0.1, 0.15) is 24.0 Å². The molecule has 1 fully saturated rings. The zero-order chi connectivity index (χ0) is 26.6. The van der Waals surface area contributed by atoms with Gasteiger partial charge in [0.25, 0.3) is 0 Å². The fourth-order valence-electron chi connectivity index (χ4n) is 4.68. The van der Waals surface area contributed by atoms with Crippen molar-refractivity contribution in [1.82, 2.24) is 9.62 Å². The molecule has 4 rings (SSSR count). The van der Waals surface area contributed by atoms with Gasteiger partial charge in [0.2, 0.25) is 15.9 Å². The number of benzene rings is 3. The van der Waals surface area contributed by atoms with Crippen LogP contribution in [0.15, 0.2) is 71.6 Å². The Kier molecular flexibility index (Phi) is 7.89. The summed E-state index contributed by atoms with van der Waals surface area (Å²) in [6.07, 6.45) is 0.961. The minimum absolute atomic E-state index is 0.0703. The van der Waals surface area contributed by atoms with Crippen LogP contribution in [0.5, 0.6) is 0 Å². The second-order valence-electron chi connectivity index (χ2n) is 9.09. The molecule has 9 nitrogen and oxygen atoms in total. The third kappa shape index (κ3) is 5.98. The number of amides is 1. The molecular weight excluding hydrogens is 492 g/mol. The van der Waals surface area contributed by atoms with Crippen molar-refractivity contribution in [3.05, 3.63) is 77.9 Å². The molecule has 4 N–H and O–H groups in total. The summed E-state index contributed by atoms with van der Waals surface area (Å²) in [6.45, 7) is 0.636. The third-order valence-electron chi connectivity index (χ3n) is 6.65. The molecule has 37 heavy (non-hydrogen) atoms. The largest absolute Gasteiger partial charge is 0.469 e. The maximum Gasteiger partial charge on any atom is 0.308 e. The normalized spacial score (nSPS) is 15.3. The van der Waals surface area contributed by atoms with Crippen molar-refractivity contribution in [3.63, 3.8) is 0 Å². The highest BCUT2D eigenvalue weighted by Crippen LogP contribution is 2.24. The summed E-state index contributed by atoms with van der Waals surface area (Å²) in [5.74, 6) is -1.08. The Labute approximate surface area is 216 Å². The zero-order valence-electron chi connectivity index (χ0n) is 20.5. The molecule has 0 saturated carbocycles. The van der Waals surface area contributed by atoms with Gasteiger partial charge in [-0.05, 0) is 42.3 Å². The first-order chi connectivity index (χ1) is 17.7. The van der Waals surface area contributed by atoms with Crippen LogP contribution in [0.25, 0.3) is 10.8 Å². The van der Waals surface area contributed by atoms with E-state index in [4.69, 9.17) is 15.9 Å². The molecule has 3 aromatic rings. The number of sulfonamides is 1. The van der Waals surface area contributed by atoms with E-state index >= 15 is 0 Å². The standard InChI is InChI=1S/C27H30N4O5S/c1-36-27(33)20-12-14-31(15-13-20)26(32)23(17-18-6-4-9-21(16-18)25(28)29)30-37(34,35)24-11-5-8-19-7-2-3-10-22(19)24/h2-11,16,20,23,30H,12-15,17H2,1H3,(H3,28,29)/t23-/m0/s1. The summed E-state index contributed by atoms with van der Waals surface area (Å²) >= 11 is 0. The van der Waals surface area contributed by atoms with E-state index in [0.29, 0.717) is 42.4 Å². The number of nitrogens with two attached hydrogens (primary N) is 1. The Morgan fingerprint density at radius 1 is 1.08 bits per heavy atom. The molecule has 1 atom stereocenters. The number of likely N-dealkylation sites (tertiary alicyclic amines) is 1. The van der Waals surface area contributed by atoms with Crippen LogP contribution in [0.3, 0.4) is 0 Å². The summed E-state index contributed by atoms with van der Waals surface area (Å²) in [6, 6.07) is 17.9. The van der Waals surface area contributed by atoms with Crippen molar-refractivity contribution in [2.24, 2.45) is 11.7 Å². The van der Waals surface area contributed by atoms with Crippen LogP contribution in [-0.4, -0.2) is 57.3 Å². The number of esters is 1. The highest BCUT2D eigenvalue weighted by molar-refractivity contribution is 7.89. The number of nitrogen functional groups attached to an aromatic ring is 1. The van der Waals surface area contributed by atoms with Gasteiger partial charge in [0.05, 0.1) is 17.9 Å². The number of nitrogens with zero attached hydrogens (tertiary/aromatic N) is 1. The first-order valence-electron chi connectivity index (χ1n) is 12.0. The molecule has 0 spiro atoms. The number of amidine groups is 1. The van der Waals surface area contributed by atoms with Crippen molar-refractivity contribution < 1.29 is 22.7 Å². The number of hydrogen-bond acceptors (Lipinski definition) is 6. The maximum atomic E-state index is 13.7. The van der Waals surface area contributed by atoms with Crippen LogP contribution < -0.4 is 10.5 Å². The number of carbonyl (C=O) groups is 2. The summed E-state index contributed by atoms with van der Waals surface area (Å²) in [4.78, 5) is 27.2. The van der Waals surface area contributed by atoms with Gasteiger partial charge in [0, 0.05) is 24.0 Å². The molecule has 1 saturated heterocycles. The highest BCUT2D eigenvalue weighted by Gasteiger charge is 2.34. The van der Waals surface area contributed by atoms with E-state index in [-0.39, 0.29) is 34.9 Å². The number of carbonyl (C=O) groups excluding carboxylic acids is 2. The molecule has 1 heterocycles. The van der Waals surface area contributed by atoms with Crippen molar-refractivity contribution in [2.75, 3.05) is 20.2 Å². The number of hydrogen-bond donors (Lipinski definition) is 3. The monoisotopic (exact) mass is 522 g/mol. The minimum Gasteiger partial charge on any atom is -0.469 e. The lowest BCUT2D eigenvalue weighted by Gasteiger charge is -2.33. The molecule has 1 aliphatic heterocycles. The van der Waals surface area contributed by atoms with Gasteiger partial charge in [0.15, 0.2) is 0 Å². The van der Waals surface area contributed by atoms with Crippen LogP contribution in [0.4, 0.5) is 0 Å². The number of methoxy groups -OCH3 is 1. The molecule has 0 radical (unpaired) electrons. The maximum absolute atomic E-state index is 13.7. The predicted octanol–water partition coefficient (Wildman–Crippen LogP) is 2.43. The molecule has 10 heteroatoms. The van der Waals surface area contributed by atoms with Gasteiger partial charge in [-0.1, -0.05) is 54.6 Å². The molecule has 1 aliphatic rings. The van der Waals surface area contributed by atoms with Gasteiger partial charge < -0.3 is 15.4 Å². The molecule has 0 aromatic heterocycles. The number of ether oxygens (including phenoxy) is 1. The fourth-order valence-corrected chi connectivity index (χ4v) is 6.10. The van der Waals surface area contributed by atoms with Gasteiger partial charge in [-0.2, -0.15) is 4.72 Å². The molecule has 0 bridgehead atoms. The Morgan fingerprint density at radius 3 is 2.46 bits per heavy atom. The lowest BCUT2D eigenvalue weighted by atomic mass is 9.96. The second kappa shape index (κ2) is 11.1. The lowest BCUT2D eigenvalue weighted by molar-refractivity contribution is -0.149. The summed E-state index contributed by atoms with van der Waals surface area (Å²) in [5.41, 5.74) is 6.78. The van der Waals surface area contributed by atoms with E-state index in [1.54, 1.807) is 47.4 Å². The van der Waals surface area contributed by atoms with E-state index in [9.17, 15) is 18.0 Å². The van der Waals surface area contributed by atoms with Crippen LogP contribution >= 0.6 is 0 Å². The number of piperidine rings is 1. The van der Waals surface area contributed by atoms with Gasteiger partial charge in [-0.15, -0.1) is 0 Å². The molecule has 1 amide bonds. The van der Waals surface area contributed by atoms with Gasteiger partial charge in [0.1, 0.15) is 11.9 Å². The van der Waals surface area contributed by atoms with Crippen LogP contribution in [0.2, 0.25) is 0 Å². The molecule has 3 aromatic carbocycles. The van der Waals surface area contributed by atoms with Gasteiger partial charge >= 0.3 is 5.97 Å². The third-order valence-corrected chi connectivity index (χ3v) is 8.18. The second-order valence-corrected chi connectivity index (χ2v) is 10.8. The topological polar surface area (TPSA) is 143 Å². The smallest absolute Gasteiger partial charge is 0.308 e. The van der Waals surface area contributed by atoms with E-state index in [1.165, 1.54) is 13.2 Å². The van der Waals surface area contributed by atoms with E-state index in [1.807, 2.05) is 18.2 Å². The Balaban J connectivity index is 1.64. The fraction of sp³-hybridized carbons (Fsp3) is 0.296. The summed E-state index contributed by atoms with van der Waals surface area (Å²) in [5, 5.41) is 9.04. The molecular formula is C27H30N4O5S. The van der Waals surface area contributed by atoms with Crippen molar-refractivity contribution >= 4 is 38.5 Å². The van der Waals surface area contributed by atoms with Gasteiger partial charge in [-0.3, -0.25) is 15.0 Å². The van der Waals surface area contributed by atoms with Crippen LogP contribution in [0, 0.1) is 11.3 Å². The van der Waals surface area contributed by atoms with Crippen molar-refractivity contribution in [3.8, 4) is 0 Å². The quantitative estimate of drug-likeness (QED) is 0.236. The molecule has 194 valence electrons. The van der Waals surface area contributed by atoms with Crippen LogP contribution in [-0.2, 0) is 30.8 Å². The summed E-state index contributed by atoms with van der Waals surface area (Å²) in [7, 11) is -2.74. The lowest BCUT2D eigenvalue weighted by Crippen LogP contribution is -2.52. The SMILES string of the molecule is COC(=O)C1CCN(C(=O)[C@H](Cc2cccc(C(=N)N)c2)NS(=O)(=O)c2cccc3ccccc23)CC1. The van der Waals surface area contributed by atoms with Crippen molar-refractivity contribution in [2.45, 2.75) is 30.2 Å². The average molecular weight is 523 g/mol. The minimum atomic E-state index is -4.08. The first kappa shape index (κ1) is 26.3. The van der Waals surface area contributed by atoms with E-state index in [0.717, 1.165) is 5.39 Å². The average Bonchev–Trinajstić information content (AvgIpc) is 2.91. The number of nitrogens with one attached hydrogen (secondary N) is 2. The van der Waals surface area contributed by atoms with E-state index < -0.39 is 16.1 Å². The predicted molar refractivity (Wildman–Crippen MR) is 141 cm³/mol. The zero-order valence-corrected chi connectivity index (χ0v) is 21.3. The Morgan fingerprint density at radius 2 is 1.76 bits per heavy atom. The molecule has 0 aliphatic carbocycles. The van der Waals surface area contributed by atoms with Gasteiger partial charge in [-0.25, -0.2) is 8.42 Å². The Hall–Kier alpha value is -3.76. The molecule has 0 unspecified atom stereocenters. The van der Waals surface area contributed by atoms with Crippen molar-refractivity contribution in [1.29, 1.82) is 5.41 Å². The Bertz CT molecular complexity index is 1430.